The normalized spacial score (nSPS) is 17.7. The molecule has 2 N–H and O–H groups in total. The molecule has 5 nitrogen and oxygen atoms in total. The second-order valence-electron chi connectivity index (χ2n) is 5.12. The van der Waals surface area contributed by atoms with E-state index in [1.54, 1.807) is 30.3 Å². The lowest BCUT2D eigenvalue weighted by Gasteiger charge is -2.16. The number of halogens is 2. The molecule has 2 aromatic carbocycles. The van der Waals surface area contributed by atoms with Crippen molar-refractivity contribution in [3.05, 3.63) is 52.5 Å². The van der Waals surface area contributed by atoms with E-state index in [0.29, 0.717) is 21.4 Å². The fraction of sp³-hybridized carbons (Fsp3) is 0.125. The van der Waals surface area contributed by atoms with Crippen LogP contribution >= 0.6 is 23.2 Å². The fourth-order valence-corrected chi connectivity index (χ4v) is 2.73. The van der Waals surface area contributed by atoms with Gasteiger partial charge in [0, 0.05) is 11.8 Å². The summed E-state index contributed by atoms with van der Waals surface area (Å²) in [5.74, 6) is -0.728. The van der Waals surface area contributed by atoms with Crippen molar-refractivity contribution in [3.63, 3.8) is 0 Å². The van der Waals surface area contributed by atoms with Gasteiger partial charge in [-0.25, -0.2) is 4.90 Å². The number of amides is 2. The zero-order chi connectivity index (χ0) is 16.6. The van der Waals surface area contributed by atoms with Crippen molar-refractivity contribution >= 4 is 46.4 Å². The molecule has 7 heteroatoms. The third kappa shape index (κ3) is 3.11. The Bertz CT molecular complexity index is 795. The highest BCUT2D eigenvalue weighted by Gasteiger charge is 2.39. The molecule has 3 rings (SSSR count). The summed E-state index contributed by atoms with van der Waals surface area (Å²) in [6, 6.07) is 10.2. The van der Waals surface area contributed by atoms with E-state index >= 15 is 0 Å². The molecule has 1 fully saturated rings. The molecule has 0 bridgehead atoms. The number of phenolic OH excluding ortho intramolecular Hbond substituents is 1. The summed E-state index contributed by atoms with van der Waals surface area (Å²) in [7, 11) is 0. The van der Waals surface area contributed by atoms with E-state index in [-0.39, 0.29) is 24.0 Å². The van der Waals surface area contributed by atoms with Gasteiger partial charge in [0.1, 0.15) is 11.8 Å². The highest BCUT2D eigenvalue weighted by molar-refractivity contribution is 6.42. The van der Waals surface area contributed by atoms with Gasteiger partial charge in [0.2, 0.25) is 5.91 Å². The van der Waals surface area contributed by atoms with E-state index < -0.39 is 6.04 Å². The summed E-state index contributed by atoms with van der Waals surface area (Å²) in [4.78, 5) is 25.7. The third-order valence-electron chi connectivity index (χ3n) is 3.50. The third-order valence-corrected chi connectivity index (χ3v) is 4.23. The maximum Gasteiger partial charge on any atom is 0.256 e. The number of phenols is 1. The van der Waals surface area contributed by atoms with Crippen LogP contribution in [0.15, 0.2) is 42.5 Å². The Morgan fingerprint density at radius 2 is 1.87 bits per heavy atom. The quantitative estimate of drug-likeness (QED) is 0.832. The second-order valence-corrected chi connectivity index (χ2v) is 5.93. The van der Waals surface area contributed by atoms with Gasteiger partial charge < -0.3 is 10.4 Å². The number of aromatic hydroxyl groups is 1. The molecule has 1 aliphatic heterocycles. The number of hydrogen-bond acceptors (Lipinski definition) is 4. The standard InChI is InChI=1S/C16H12Cl2N2O3/c17-12-5-4-9(6-13(12)18)19-14-8-15(22)20(16(14)23)10-2-1-3-11(21)7-10/h1-7,14,19,21H,8H2. The van der Waals surface area contributed by atoms with Crippen LogP contribution in [0.2, 0.25) is 10.0 Å². The molecule has 23 heavy (non-hydrogen) atoms. The summed E-state index contributed by atoms with van der Waals surface area (Å²) in [5.41, 5.74) is 0.946. The highest BCUT2D eigenvalue weighted by Crippen LogP contribution is 2.29. The van der Waals surface area contributed by atoms with Crippen LogP contribution in [0.4, 0.5) is 11.4 Å². The zero-order valence-corrected chi connectivity index (χ0v) is 13.3. The second kappa shape index (κ2) is 6.10. The zero-order valence-electron chi connectivity index (χ0n) is 11.8. The van der Waals surface area contributed by atoms with E-state index in [1.807, 2.05) is 0 Å². The SMILES string of the molecule is O=C1CC(Nc2ccc(Cl)c(Cl)c2)C(=O)N1c1cccc(O)c1. The average Bonchev–Trinajstić information content (AvgIpc) is 2.77. The lowest BCUT2D eigenvalue weighted by Crippen LogP contribution is -2.34. The van der Waals surface area contributed by atoms with Gasteiger partial charge >= 0.3 is 0 Å². The van der Waals surface area contributed by atoms with Gasteiger partial charge in [-0.05, 0) is 30.3 Å². The lowest BCUT2D eigenvalue weighted by atomic mass is 10.2. The van der Waals surface area contributed by atoms with Crippen LogP contribution in [0.3, 0.4) is 0 Å². The monoisotopic (exact) mass is 350 g/mol. The van der Waals surface area contributed by atoms with Gasteiger partial charge in [0.15, 0.2) is 0 Å². The summed E-state index contributed by atoms with van der Waals surface area (Å²) in [5, 5.41) is 13.3. The van der Waals surface area contributed by atoms with E-state index in [0.717, 1.165) is 4.90 Å². The number of rotatable bonds is 3. The van der Waals surface area contributed by atoms with Crippen molar-refractivity contribution in [3.8, 4) is 5.75 Å². The van der Waals surface area contributed by atoms with Crippen molar-refractivity contribution in [2.75, 3.05) is 10.2 Å². The van der Waals surface area contributed by atoms with E-state index in [4.69, 9.17) is 23.2 Å². The molecule has 1 atom stereocenters. The minimum absolute atomic E-state index is 0.0102. The Kier molecular flexibility index (Phi) is 4.15. The molecule has 0 aromatic heterocycles. The van der Waals surface area contributed by atoms with Crippen LogP contribution in [0, 0.1) is 0 Å². The van der Waals surface area contributed by atoms with Crippen molar-refractivity contribution in [1.82, 2.24) is 0 Å². The smallest absolute Gasteiger partial charge is 0.256 e. The molecule has 1 saturated heterocycles. The number of nitrogens with one attached hydrogen (secondary N) is 1. The molecule has 2 aromatic rings. The predicted octanol–water partition coefficient (Wildman–Crippen LogP) is 3.44. The summed E-state index contributed by atoms with van der Waals surface area (Å²) >= 11 is 11.8. The molecular formula is C16H12Cl2N2O3. The number of nitrogens with zero attached hydrogens (tertiary/aromatic N) is 1. The van der Waals surface area contributed by atoms with E-state index in [2.05, 4.69) is 5.32 Å². The van der Waals surface area contributed by atoms with Crippen LogP contribution in [0.25, 0.3) is 0 Å². The minimum Gasteiger partial charge on any atom is -0.508 e. The molecule has 118 valence electrons. The maximum atomic E-state index is 12.5. The van der Waals surface area contributed by atoms with Gasteiger partial charge in [-0.1, -0.05) is 29.3 Å². The molecule has 0 saturated carbocycles. The number of hydrogen-bond donors (Lipinski definition) is 2. The predicted molar refractivity (Wildman–Crippen MR) is 89.1 cm³/mol. The number of benzene rings is 2. The Morgan fingerprint density at radius 3 is 2.57 bits per heavy atom. The molecule has 1 heterocycles. The van der Waals surface area contributed by atoms with Crippen molar-refractivity contribution < 1.29 is 14.7 Å². The van der Waals surface area contributed by atoms with Crippen LogP contribution in [0.1, 0.15) is 6.42 Å². The largest absolute Gasteiger partial charge is 0.508 e. The molecule has 0 spiro atoms. The van der Waals surface area contributed by atoms with Gasteiger partial charge in [0.25, 0.3) is 5.91 Å². The van der Waals surface area contributed by atoms with Crippen molar-refractivity contribution in [2.24, 2.45) is 0 Å². The first-order valence-electron chi connectivity index (χ1n) is 6.83. The van der Waals surface area contributed by atoms with Crippen LogP contribution in [-0.2, 0) is 9.59 Å². The highest BCUT2D eigenvalue weighted by atomic mass is 35.5. The molecular weight excluding hydrogens is 339 g/mol. The van der Waals surface area contributed by atoms with Crippen LogP contribution in [0.5, 0.6) is 5.75 Å². The summed E-state index contributed by atoms with van der Waals surface area (Å²) in [6.07, 6.45) is 0.0226. The Labute approximate surface area is 142 Å². The van der Waals surface area contributed by atoms with Crippen molar-refractivity contribution in [2.45, 2.75) is 12.5 Å². The Hall–Kier alpha value is -2.24. The van der Waals surface area contributed by atoms with E-state index in [1.165, 1.54) is 12.1 Å². The first-order valence-corrected chi connectivity index (χ1v) is 7.59. The van der Waals surface area contributed by atoms with Crippen molar-refractivity contribution in [1.29, 1.82) is 0 Å². The van der Waals surface area contributed by atoms with Gasteiger partial charge in [-0.15, -0.1) is 0 Å². The molecule has 0 radical (unpaired) electrons. The minimum atomic E-state index is -0.693. The number of carbonyl (C=O) groups excluding carboxylic acids is 2. The molecule has 1 aliphatic rings. The number of carbonyl (C=O) groups is 2. The average molecular weight is 351 g/mol. The van der Waals surface area contributed by atoms with Gasteiger partial charge in [-0.2, -0.15) is 0 Å². The first-order chi connectivity index (χ1) is 11.0. The Balaban J connectivity index is 1.82. The number of imide groups is 1. The van der Waals surface area contributed by atoms with Gasteiger partial charge in [0.05, 0.1) is 22.2 Å². The summed E-state index contributed by atoms with van der Waals surface area (Å²) < 4.78 is 0. The molecule has 1 unspecified atom stereocenters. The van der Waals surface area contributed by atoms with E-state index in [9.17, 15) is 14.7 Å². The van der Waals surface area contributed by atoms with Crippen LogP contribution < -0.4 is 10.2 Å². The number of anilines is 2. The van der Waals surface area contributed by atoms with Gasteiger partial charge in [-0.3, -0.25) is 9.59 Å². The lowest BCUT2D eigenvalue weighted by molar-refractivity contribution is -0.121. The van der Waals surface area contributed by atoms with Crippen LogP contribution in [-0.4, -0.2) is 23.0 Å². The maximum absolute atomic E-state index is 12.5. The fourth-order valence-electron chi connectivity index (χ4n) is 2.44. The topological polar surface area (TPSA) is 69.6 Å². The molecule has 0 aliphatic carbocycles. The first kappa shape index (κ1) is 15.6. The Morgan fingerprint density at radius 1 is 1.09 bits per heavy atom. The molecule has 2 amide bonds. The summed E-state index contributed by atoms with van der Waals surface area (Å²) in [6.45, 7) is 0.